The Hall–Kier alpha value is -3.26. The van der Waals surface area contributed by atoms with Crippen molar-refractivity contribution >= 4 is 29.2 Å². The van der Waals surface area contributed by atoms with Gasteiger partial charge in [-0.05, 0) is 23.8 Å². The highest BCUT2D eigenvalue weighted by molar-refractivity contribution is 6.34. The van der Waals surface area contributed by atoms with Crippen molar-refractivity contribution in [1.29, 1.82) is 0 Å². The van der Waals surface area contributed by atoms with Crippen molar-refractivity contribution in [1.82, 2.24) is 0 Å². The van der Waals surface area contributed by atoms with Crippen LogP contribution in [0.15, 0.2) is 41.7 Å². The van der Waals surface area contributed by atoms with Gasteiger partial charge in [0.25, 0.3) is 0 Å². The number of aliphatic hydroxyl groups is 7. The monoisotopic (exact) mass is 466 g/mol. The number of allylic oxidation sites excluding steroid dienone is 2. The lowest BCUT2D eigenvalue weighted by molar-refractivity contribution is -0.167. The van der Waals surface area contributed by atoms with Crippen molar-refractivity contribution in [2.45, 2.75) is 36.4 Å². The van der Waals surface area contributed by atoms with Crippen molar-refractivity contribution in [2.75, 3.05) is 6.61 Å². The van der Waals surface area contributed by atoms with Crippen LogP contribution in [0.4, 0.5) is 0 Å². The quantitative estimate of drug-likeness (QED) is 0.104. The van der Waals surface area contributed by atoms with Crippen molar-refractivity contribution in [3.05, 3.63) is 47.2 Å². The third kappa shape index (κ3) is 5.06. The lowest BCUT2D eigenvalue weighted by Crippen LogP contribution is -2.60. The van der Waals surface area contributed by atoms with Crippen LogP contribution in [0.5, 0.6) is 5.75 Å². The minimum absolute atomic E-state index is 0.0549. The molecule has 1 aromatic carbocycles. The van der Waals surface area contributed by atoms with Gasteiger partial charge in [-0.25, -0.2) is 0 Å². The van der Waals surface area contributed by atoms with E-state index in [1.54, 1.807) is 0 Å². The second-order valence-corrected chi connectivity index (χ2v) is 7.29. The Labute approximate surface area is 186 Å². The number of ketones is 4. The van der Waals surface area contributed by atoms with Gasteiger partial charge >= 0.3 is 0 Å². The first-order valence-corrected chi connectivity index (χ1v) is 9.47. The third-order valence-corrected chi connectivity index (χ3v) is 5.03. The SMILES string of the molecule is O=C(/C=C/c1ccc(O)cc1)C1=C(O)[C@@](O)(C(=O)[C@H](O)[C@@H](O)[C@H](O)[C@H](O)CO)C(=O)CC1=O. The fourth-order valence-corrected chi connectivity index (χ4v) is 3.05. The zero-order chi connectivity index (χ0) is 25.1. The molecule has 0 amide bonds. The summed E-state index contributed by atoms with van der Waals surface area (Å²) < 4.78 is 0. The first-order chi connectivity index (χ1) is 15.4. The maximum absolute atomic E-state index is 12.6. The van der Waals surface area contributed by atoms with Gasteiger partial charge < -0.3 is 40.9 Å². The summed E-state index contributed by atoms with van der Waals surface area (Å²) in [7, 11) is 0. The van der Waals surface area contributed by atoms with Crippen LogP contribution < -0.4 is 0 Å². The molecule has 12 nitrogen and oxygen atoms in total. The Morgan fingerprint density at radius 1 is 1.00 bits per heavy atom. The molecule has 33 heavy (non-hydrogen) atoms. The summed E-state index contributed by atoms with van der Waals surface area (Å²) in [6, 6.07) is 5.42. The number of rotatable bonds is 9. The Morgan fingerprint density at radius 3 is 2.12 bits per heavy atom. The minimum atomic E-state index is -3.60. The molecule has 1 aliphatic carbocycles. The number of carbonyl (C=O) groups excluding carboxylic acids is 4. The van der Waals surface area contributed by atoms with Crippen LogP contribution in [0.3, 0.4) is 0 Å². The molecule has 2 rings (SSSR count). The van der Waals surface area contributed by atoms with E-state index in [0.717, 1.165) is 6.08 Å². The fourth-order valence-electron chi connectivity index (χ4n) is 3.05. The standard InChI is InChI=1S/C21H22O12/c22-8-13(26)16(28)17(29)18(30)20(32)21(33)14(27)7-12(25)15(19(21)31)11(24)6-3-9-1-4-10(23)5-2-9/h1-6,13,16-18,22-23,26,28-31,33H,7-8H2/b6-3+/t13-,16-,17+,18-,21-/m1/s1. The number of Topliss-reactive ketones (excluding diaryl/α,β-unsaturated/α-hetero) is 3. The molecule has 1 aromatic rings. The Bertz CT molecular complexity index is 1010. The minimum Gasteiger partial charge on any atom is -0.508 e. The van der Waals surface area contributed by atoms with Crippen LogP contribution >= 0.6 is 0 Å². The molecule has 178 valence electrons. The number of aromatic hydroxyl groups is 1. The van der Waals surface area contributed by atoms with Gasteiger partial charge in [0.1, 0.15) is 35.7 Å². The summed E-state index contributed by atoms with van der Waals surface area (Å²) in [6.07, 6.45) is -8.82. The lowest BCUT2D eigenvalue weighted by Gasteiger charge is -2.33. The number of aliphatic hydroxyl groups excluding tert-OH is 6. The van der Waals surface area contributed by atoms with Crippen molar-refractivity contribution in [2.24, 2.45) is 0 Å². The molecule has 0 unspecified atom stereocenters. The van der Waals surface area contributed by atoms with Gasteiger partial charge in [-0.3, -0.25) is 19.2 Å². The summed E-state index contributed by atoms with van der Waals surface area (Å²) in [6.45, 7) is -1.08. The highest BCUT2D eigenvalue weighted by Gasteiger charge is 2.57. The van der Waals surface area contributed by atoms with E-state index in [1.807, 2.05) is 0 Å². The number of hydrogen-bond donors (Lipinski definition) is 8. The van der Waals surface area contributed by atoms with Gasteiger partial charge in [-0.2, -0.15) is 0 Å². The van der Waals surface area contributed by atoms with Gasteiger partial charge in [0.15, 0.2) is 23.1 Å². The van der Waals surface area contributed by atoms with E-state index in [1.165, 1.54) is 30.3 Å². The Kier molecular flexibility index (Phi) is 7.97. The third-order valence-electron chi connectivity index (χ3n) is 5.03. The smallest absolute Gasteiger partial charge is 0.243 e. The summed E-state index contributed by atoms with van der Waals surface area (Å²) in [5.41, 5.74) is -4.32. The molecule has 8 N–H and O–H groups in total. The molecular weight excluding hydrogens is 444 g/mol. The number of benzene rings is 1. The van der Waals surface area contributed by atoms with Gasteiger partial charge in [0.05, 0.1) is 13.0 Å². The molecule has 1 aliphatic rings. The topological polar surface area (TPSA) is 230 Å². The number of phenols is 1. The first-order valence-electron chi connectivity index (χ1n) is 9.47. The molecule has 0 saturated carbocycles. The van der Waals surface area contributed by atoms with Crippen LogP contribution in [-0.2, 0) is 19.2 Å². The van der Waals surface area contributed by atoms with Crippen molar-refractivity contribution in [3.63, 3.8) is 0 Å². The second kappa shape index (κ2) is 10.1. The predicted octanol–water partition coefficient (Wildman–Crippen LogP) is -2.94. The molecular formula is C21H22O12. The average Bonchev–Trinajstić information content (AvgIpc) is 2.79. The first kappa shape index (κ1) is 26.0. The van der Waals surface area contributed by atoms with Gasteiger partial charge in [0, 0.05) is 0 Å². The molecule has 0 radical (unpaired) electrons. The maximum atomic E-state index is 12.6. The van der Waals surface area contributed by atoms with Crippen molar-refractivity contribution < 1.29 is 60.0 Å². The summed E-state index contributed by atoms with van der Waals surface area (Å²) in [5.74, 6) is -7.71. The second-order valence-electron chi connectivity index (χ2n) is 7.29. The van der Waals surface area contributed by atoms with Crippen LogP contribution in [0, 0.1) is 0 Å². The molecule has 0 saturated heterocycles. The normalized spacial score (nSPS) is 22.8. The zero-order valence-corrected chi connectivity index (χ0v) is 16.9. The Morgan fingerprint density at radius 2 is 1.58 bits per heavy atom. The van der Waals surface area contributed by atoms with E-state index in [2.05, 4.69) is 0 Å². The molecule has 0 fully saturated rings. The predicted molar refractivity (Wildman–Crippen MR) is 108 cm³/mol. The number of hydrogen-bond acceptors (Lipinski definition) is 12. The molecule has 0 aromatic heterocycles. The van der Waals surface area contributed by atoms with Crippen LogP contribution in [0.1, 0.15) is 12.0 Å². The Balaban J connectivity index is 2.41. The van der Waals surface area contributed by atoms with E-state index < -0.39 is 77.5 Å². The fraction of sp³-hybridized carbons (Fsp3) is 0.333. The van der Waals surface area contributed by atoms with E-state index in [4.69, 9.17) is 5.11 Å². The summed E-state index contributed by atoms with van der Waals surface area (Å²) >= 11 is 0. The molecule has 0 spiro atoms. The summed E-state index contributed by atoms with van der Waals surface area (Å²) in [4.78, 5) is 49.5. The molecule has 12 heteroatoms. The molecule has 0 heterocycles. The molecule has 5 atom stereocenters. The number of carbonyl (C=O) groups is 4. The van der Waals surface area contributed by atoms with Crippen molar-refractivity contribution in [3.8, 4) is 5.75 Å². The van der Waals surface area contributed by atoms with Gasteiger partial charge in [-0.1, -0.05) is 18.2 Å². The maximum Gasteiger partial charge on any atom is 0.243 e. The molecule has 0 aliphatic heterocycles. The van der Waals surface area contributed by atoms with Crippen LogP contribution in [0.2, 0.25) is 0 Å². The number of phenolic OH excluding ortho intramolecular Hbond substituents is 1. The molecule has 0 bridgehead atoms. The van der Waals surface area contributed by atoms with E-state index >= 15 is 0 Å². The van der Waals surface area contributed by atoms with Crippen LogP contribution in [0.25, 0.3) is 6.08 Å². The highest BCUT2D eigenvalue weighted by Crippen LogP contribution is 2.31. The largest absolute Gasteiger partial charge is 0.508 e. The van der Waals surface area contributed by atoms with E-state index in [-0.39, 0.29) is 5.75 Å². The zero-order valence-electron chi connectivity index (χ0n) is 16.9. The summed E-state index contributed by atoms with van der Waals surface area (Å²) in [5, 5.41) is 77.9. The highest BCUT2D eigenvalue weighted by atomic mass is 16.4. The van der Waals surface area contributed by atoms with Gasteiger partial charge in [0.2, 0.25) is 11.4 Å². The van der Waals surface area contributed by atoms with E-state index in [9.17, 15) is 54.9 Å². The average molecular weight is 466 g/mol. The lowest BCUT2D eigenvalue weighted by atomic mass is 9.76. The van der Waals surface area contributed by atoms with E-state index in [0.29, 0.717) is 5.56 Å². The van der Waals surface area contributed by atoms with Gasteiger partial charge in [-0.15, -0.1) is 0 Å². The van der Waals surface area contributed by atoms with Crippen LogP contribution in [-0.4, -0.2) is 101 Å².